The van der Waals surface area contributed by atoms with Gasteiger partial charge in [-0.05, 0) is 17.4 Å². The molecule has 0 amide bonds. The maximum absolute atomic E-state index is 3.93. The van der Waals surface area contributed by atoms with E-state index in [1.807, 2.05) is 18.4 Å². The number of rotatable bonds is 0. The molecular formula is C7H12N2S. The van der Waals surface area contributed by atoms with Gasteiger partial charge in [-0.15, -0.1) is 0 Å². The van der Waals surface area contributed by atoms with Gasteiger partial charge in [0.05, 0.1) is 0 Å². The van der Waals surface area contributed by atoms with Crippen LogP contribution < -0.4 is 0 Å². The smallest absolute Gasteiger partial charge is 0.107 e. The summed E-state index contributed by atoms with van der Waals surface area (Å²) in [5.41, 5.74) is 0. The van der Waals surface area contributed by atoms with Crippen LogP contribution in [0.15, 0.2) is 23.9 Å². The van der Waals surface area contributed by atoms with Gasteiger partial charge in [-0.3, -0.25) is 0 Å². The molecule has 0 N–H and O–H groups in total. The van der Waals surface area contributed by atoms with E-state index >= 15 is 0 Å². The molecule has 3 heteroatoms. The Morgan fingerprint density at radius 3 is 3.00 bits per heavy atom. The zero-order valence-electron chi connectivity index (χ0n) is 6.37. The molecule has 0 atom stereocenters. The van der Waals surface area contributed by atoms with E-state index < -0.39 is 0 Å². The molecule has 1 rings (SSSR count). The van der Waals surface area contributed by atoms with Crippen LogP contribution in [0.5, 0.6) is 0 Å². The van der Waals surface area contributed by atoms with Crippen molar-refractivity contribution in [1.82, 2.24) is 9.21 Å². The number of nitrogens with zero attached hydrogens (tertiary/aromatic N) is 2. The lowest BCUT2D eigenvalue weighted by atomic mass is 10.5. The average Bonchev–Trinajstić information content (AvgIpc) is 2.04. The van der Waals surface area contributed by atoms with Crippen LogP contribution in [0.4, 0.5) is 0 Å². The van der Waals surface area contributed by atoms with Crippen molar-refractivity contribution in [2.24, 2.45) is 0 Å². The largest absolute Gasteiger partial charge is 0.357 e. The summed E-state index contributed by atoms with van der Waals surface area (Å²) < 4.78 is 2.05. The first-order valence-corrected chi connectivity index (χ1v) is 4.01. The molecule has 0 bridgehead atoms. The Kier molecular flexibility index (Phi) is 2.27. The third-order valence-corrected chi connectivity index (χ3v) is 2.34. The monoisotopic (exact) mass is 156 g/mol. The van der Waals surface area contributed by atoms with E-state index in [1.165, 1.54) is 0 Å². The third kappa shape index (κ3) is 1.48. The molecule has 56 valence electrons. The van der Waals surface area contributed by atoms with Crippen LogP contribution >= 0.6 is 11.9 Å². The highest BCUT2D eigenvalue weighted by Crippen LogP contribution is 2.19. The minimum absolute atomic E-state index is 0.955. The molecular weight excluding hydrogens is 144 g/mol. The summed E-state index contributed by atoms with van der Waals surface area (Å²) in [5, 5.41) is 2.08. The fraction of sp³-hybridized carbons (Fsp3) is 0.429. The van der Waals surface area contributed by atoms with Crippen molar-refractivity contribution in [3.05, 3.63) is 23.9 Å². The van der Waals surface area contributed by atoms with Crippen molar-refractivity contribution in [3.8, 4) is 0 Å². The predicted molar refractivity (Wildman–Crippen MR) is 46.3 cm³/mol. The van der Waals surface area contributed by atoms with Crippen LogP contribution in [0, 0.1) is 0 Å². The summed E-state index contributed by atoms with van der Waals surface area (Å²) in [4.78, 5) is 2.11. The Labute approximate surface area is 66.3 Å². The minimum Gasteiger partial charge on any atom is -0.357 e. The van der Waals surface area contributed by atoms with Gasteiger partial charge in [0.25, 0.3) is 0 Å². The second kappa shape index (κ2) is 3.01. The Morgan fingerprint density at radius 1 is 1.60 bits per heavy atom. The van der Waals surface area contributed by atoms with Crippen LogP contribution in [0.25, 0.3) is 0 Å². The number of hydrogen-bond donors (Lipinski definition) is 0. The summed E-state index contributed by atoms with van der Waals surface area (Å²) in [6, 6.07) is 0. The van der Waals surface area contributed by atoms with Gasteiger partial charge in [-0.2, -0.15) is 0 Å². The second-order valence-electron chi connectivity index (χ2n) is 2.27. The van der Waals surface area contributed by atoms with Crippen LogP contribution in [-0.2, 0) is 0 Å². The van der Waals surface area contributed by atoms with Gasteiger partial charge >= 0.3 is 0 Å². The first kappa shape index (κ1) is 7.54. The highest BCUT2D eigenvalue weighted by atomic mass is 32.2. The Bertz CT molecular complexity index is 149. The van der Waals surface area contributed by atoms with Crippen LogP contribution in [0.2, 0.25) is 0 Å². The summed E-state index contributed by atoms with van der Waals surface area (Å²) in [6.07, 6.45) is 2.12. The highest BCUT2D eigenvalue weighted by Gasteiger charge is 2.07. The number of hydrogen-bond acceptors (Lipinski definition) is 3. The van der Waals surface area contributed by atoms with Gasteiger partial charge in [0.1, 0.15) is 5.82 Å². The normalized spacial score (nSPS) is 19.6. The van der Waals surface area contributed by atoms with E-state index in [4.69, 9.17) is 0 Å². The highest BCUT2D eigenvalue weighted by molar-refractivity contribution is 8.00. The fourth-order valence-electron chi connectivity index (χ4n) is 0.742. The lowest BCUT2D eigenvalue weighted by Gasteiger charge is -2.24. The zero-order valence-corrected chi connectivity index (χ0v) is 7.19. The first-order chi connectivity index (χ1) is 4.72. The molecule has 0 aromatic heterocycles. The average molecular weight is 156 g/mol. The van der Waals surface area contributed by atoms with Gasteiger partial charge in [0.2, 0.25) is 0 Å². The predicted octanol–water partition coefficient (Wildman–Crippen LogP) is 1.50. The van der Waals surface area contributed by atoms with Crippen molar-refractivity contribution < 1.29 is 0 Å². The molecule has 0 saturated carbocycles. The molecule has 10 heavy (non-hydrogen) atoms. The van der Waals surface area contributed by atoms with Gasteiger partial charge in [-0.25, -0.2) is 0 Å². The van der Waals surface area contributed by atoms with Gasteiger partial charge in [0.15, 0.2) is 0 Å². The Balaban J connectivity index is 2.65. The quantitative estimate of drug-likeness (QED) is 0.491. The molecule has 0 fully saturated rings. The lowest BCUT2D eigenvalue weighted by Crippen LogP contribution is -2.23. The molecule has 0 spiro atoms. The summed E-state index contributed by atoms with van der Waals surface area (Å²) in [7, 11) is 4.05. The molecule has 0 aromatic rings. The molecule has 1 heterocycles. The van der Waals surface area contributed by atoms with Crippen molar-refractivity contribution in [2.45, 2.75) is 0 Å². The summed E-state index contributed by atoms with van der Waals surface area (Å²) in [5.74, 6) is 1.05. The van der Waals surface area contributed by atoms with Crippen molar-refractivity contribution in [2.75, 3.05) is 20.6 Å². The fourth-order valence-corrected chi connectivity index (χ4v) is 1.36. The Hall–Kier alpha value is -0.570. The number of likely N-dealkylation sites (N-methyl/N-ethyl adjacent to an activating group) is 1. The van der Waals surface area contributed by atoms with Crippen LogP contribution in [0.3, 0.4) is 0 Å². The SMILES string of the molecule is C=C1N(C)CC=CSN1C. The van der Waals surface area contributed by atoms with Crippen molar-refractivity contribution in [1.29, 1.82) is 0 Å². The first-order valence-electron chi connectivity index (χ1n) is 3.17. The van der Waals surface area contributed by atoms with Gasteiger partial charge < -0.3 is 9.21 Å². The van der Waals surface area contributed by atoms with Crippen molar-refractivity contribution in [3.63, 3.8) is 0 Å². The second-order valence-corrected chi connectivity index (χ2v) is 3.30. The lowest BCUT2D eigenvalue weighted by molar-refractivity contribution is 0.387. The Morgan fingerprint density at radius 2 is 2.30 bits per heavy atom. The van der Waals surface area contributed by atoms with E-state index in [1.54, 1.807) is 11.9 Å². The summed E-state index contributed by atoms with van der Waals surface area (Å²) >= 11 is 1.66. The minimum atomic E-state index is 0.955. The topological polar surface area (TPSA) is 6.48 Å². The molecule has 0 aliphatic carbocycles. The van der Waals surface area contributed by atoms with E-state index in [0.717, 1.165) is 12.4 Å². The molecule has 2 nitrogen and oxygen atoms in total. The standard InChI is InChI=1S/C7H12N2S/c1-7-8(2)5-4-6-10-9(7)3/h4,6H,1,5H2,2-3H3. The van der Waals surface area contributed by atoms with E-state index in [-0.39, 0.29) is 0 Å². The van der Waals surface area contributed by atoms with E-state index in [2.05, 4.69) is 23.0 Å². The van der Waals surface area contributed by atoms with Crippen molar-refractivity contribution >= 4 is 11.9 Å². The van der Waals surface area contributed by atoms with Gasteiger partial charge in [-0.1, -0.05) is 12.7 Å². The molecule has 0 unspecified atom stereocenters. The molecule has 0 radical (unpaired) electrons. The zero-order chi connectivity index (χ0) is 7.56. The molecule has 1 aliphatic heterocycles. The van der Waals surface area contributed by atoms with E-state index in [0.29, 0.717) is 0 Å². The molecule has 0 saturated heterocycles. The van der Waals surface area contributed by atoms with E-state index in [9.17, 15) is 0 Å². The van der Waals surface area contributed by atoms with Crippen LogP contribution in [0.1, 0.15) is 0 Å². The summed E-state index contributed by atoms with van der Waals surface area (Å²) in [6.45, 7) is 4.88. The maximum Gasteiger partial charge on any atom is 0.107 e. The molecule has 0 aromatic carbocycles. The van der Waals surface area contributed by atoms with Gasteiger partial charge in [0, 0.05) is 20.6 Å². The third-order valence-electron chi connectivity index (χ3n) is 1.50. The maximum atomic E-state index is 3.93. The molecule has 1 aliphatic rings. The van der Waals surface area contributed by atoms with Crippen LogP contribution in [-0.4, -0.2) is 29.8 Å².